The Labute approximate surface area is 132 Å². The van der Waals surface area contributed by atoms with Gasteiger partial charge in [-0.25, -0.2) is 0 Å². The number of rotatable bonds is 4. The van der Waals surface area contributed by atoms with E-state index in [1.165, 1.54) is 0 Å². The molecular formula is C17H15BrN2O. The van der Waals surface area contributed by atoms with Crippen molar-refractivity contribution in [2.45, 2.75) is 6.92 Å². The zero-order chi connectivity index (χ0) is 15.2. The summed E-state index contributed by atoms with van der Waals surface area (Å²) in [6.45, 7) is 2.17. The summed E-state index contributed by atoms with van der Waals surface area (Å²) < 4.78 is 0.866. The lowest BCUT2D eigenvalue weighted by Gasteiger charge is -2.10. The molecule has 0 aliphatic rings. The van der Waals surface area contributed by atoms with Crippen molar-refractivity contribution in [3.05, 3.63) is 58.1 Å². The summed E-state index contributed by atoms with van der Waals surface area (Å²) in [6, 6.07) is 13.2. The molecule has 2 aromatic rings. The Bertz CT molecular complexity index is 704. The first kappa shape index (κ1) is 15.1. The first-order valence-corrected chi connectivity index (χ1v) is 7.24. The molecule has 0 unspecified atom stereocenters. The fraction of sp³-hybridized carbons (Fsp3) is 0.118. The predicted octanol–water partition coefficient (Wildman–Crippen LogP) is 3.79. The Kier molecular flexibility index (Phi) is 5.02. The molecule has 0 atom stereocenters. The second kappa shape index (κ2) is 6.96. The summed E-state index contributed by atoms with van der Waals surface area (Å²) in [4.78, 5) is 11.9. The maximum absolute atomic E-state index is 11.9. The number of halogens is 1. The molecule has 0 bridgehead atoms. The van der Waals surface area contributed by atoms with Gasteiger partial charge in [-0.2, -0.15) is 0 Å². The van der Waals surface area contributed by atoms with Gasteiger partial charge in [0.25, 0.3) is 0 Å². The number of carbonyl (C=O) groups excluding carboxylic acids is 1. The molecule has 0 heterocycles. The number of hydrogen-bond acceptors (Lipinski definition) is 2. The molecule has 3 nitrogen and oxygen atoms in total. The highest BCUT2D eigenvalue weighted by Gasteiger charge is 2.05. The van der Waals surface area contributed by atoms with Crippen LogP contribution in [-0.2, 0) is 4.79 Å². The molecule has 2 rings (SSSR count). The largest absolute Gasteiger partial charge is 0.376 e. The summed E-state index contributed by atoms with van der Waals surface area (Å²) in [6.07, 6.45) is 5.34. The lowest BCUT2D eigenvalue weighted by Crippen LogP contribution is -2.22. The molecule has 1 amide bonds. The molecule has 4 heteroatoms. The Balaban J connectivity index is 1.94. The minimum Gasteiger partial charge on any atom is -0.376 e. The summed E-state index contributed by atoms with van der Waals surface area (Å²) in [5.74, 6) is 2.44. The predicted molar refractivity (Wildman–Crippen MR) is 90.4 cm³/mol. The van der Waals surface area contributed by atoms with Gasteiger partial charge in [0.1, 0.15) is 0 Å². The van der Waals surface area contributed by atoms with Crippen LogP contribution in [0.1, 0.15) is 11.1 Å². The van der Waals surface area contributed by atoms with Crippen LogP contribution in [-0.4, -0.2) is 12.5 Å². The number of carbonyl (C=O) groups is 1. The molecule has 0 saturated carbocycles. The van der Waals surface area contributed by atoms with Crippen LogP contribution >= 0.6 is 15.9 Å². The van der Waals surface area contributed by atoms with Crippen molar-refractivity contribution in [1.82, 2.24) is 0 Å². The van der Waals surface area contributed by atoms with Gasteiger partial charge in [-0.1, -0.05) is 18.1 Å². The van der Waals surface area contributed by atoms with Gasteiger partial charge in [0, 0.05) is 15.7 Å². The van der Waals surface area contributed by atoms with E-state index in [1.807, 2.05) is 49.4 Å². The summed E-state index contributed by atoms with van der Waals surface area (Å²) in [7, 11) is 0. The van der Waals surface area contributed by atoms with Gasteiger partial charge in [-0.15, -0.1) is 6.42 Å². The third-order valence-corrected chi connectivity index (χ3v) is 3.54. The number of aryl methyl sites for hydroxylation is 1. The third-order valence-electron chi connectivity index (χ3n) is 2.88. The molecule has 0 radical (unpaired) electrons. The molecule has 0 spiro atoms. The van der Waals surface area contributed by atoms with Crippen LogP contribution in [0.25, 0.3) is 0 Å². The first-order valence-electron chi connectivity index (χ1n) is 6.45. The molecule has 21 heavy (non-hydrogen) atoms. The van der Waals surface area contributed by atoms with E-state index in [1.54, 1.807) is 0 Å². The van der Waals surface area contributed by atoms with E-state index in [4.69, 9.17) is 6.42 Å². The van der Waals surface area contributed by atoms with Gasteiger partial charge in [-0.3, -0.25) is 4.79 Å². The zero-order valence-corrected chi connectivity index (χ0v) is 13.2. The van der Waals surface area contributed by atoms with Crippen molar-refractivity contribution in [1.29, 1.82) is 0 Å². The molecule has 0 saturated heterocycles. The fourth-order valence-corrected chi connectivity index (χ4v) is 2.41. The highest BCUT2D eigenvalue weighted by Crippen LogP contribution is 2.23. The second-order valence-corrected chi connectivity index (χ2v) is 5.46. The summed E-state index contributed by atoms with van der Waals surface area (Å²) >= 11 is 3.43. The first-order chi connectivity index (χ1) is 10.1. The second-order valence-electron chi connectivity index (χ2n) is 4.61. The van der Waals surface area contributed by atoms with Crippen LogP contribution in [0, 0.1) is 19.3 Å². The number of hydrogen-bond donors (Lipinski definition) is 2. The molecule has 0 aromatic heterocycles. The lowest BCUT2D eigenvalue weighted by molar-refractivity contribution is -0.114. The number of amides is 1. The van der Waals surface area contributed by atoms with Crippen molar-refractivity contribution in [2.75, 3.05) is 17.2 Å². The maximum atomic E-state index is 11.9. The molecule has 0 aliphatic heterocycles. The molecule has 2 N–H and O–H groups in total. The zero-order valence-electron chi connectivity index (χ0n) is 11.6. The standard InChI is InChI=1S/C17H15BrN2O/c1-3-13-5-4-6-14(10-13)19-11-17(21)20-16-8-7-12(2)9-15(16)18/h1,4-10,19H,11H2,2H3,(H,20,21). The average Bonchev–Trinajstić information content (AvgIpc) is 2.48. The number of benzene rings is 2. The van der Waals surface area contributed by atoms with Gasteiger partial charge in [0.15, 0.2) is 0 Å². The van der Waals surface area contributed by atoms with Crippen molar-refractivity contribution >= 4 is 33.2 Å². The van der Waals surface area contributed by atoms with Crippen LogP contribution in [0.15, 0.2) is 46.9 Å². The Morgan fingerprint density at radius 3 is 2.81 bits per heavy atom. The van der Waals surface area contributed by atoms with Crippen molar-refractivity contribution in [3.63, 3.8) is 0 Å². The van der Waals surface area contributed by atoms with E-state index in [9.17, 15) is 4.79 Å². The number of anilines is 2. The van der Waals surface area contributed by atoms with Gasteiger partial charge >= 0.3 is 0 Å². The summed E-state index contributed by atoms with van der Waals surface area (Å²) in [5, 5.41) is 5.89. The number of terminal acetylenes is 1. The van der Waals surface area contributed by atoms with Gasteiger partial charge < -0.3 is 10.6 Å². The third kappa shape index (κ3) is 4.37. The highest BCUT2D eigenvalue weighted by atomic mass is 79.9. The van der Waals surface area contributed by atoms with E-state index in [-0.39, 0.29) is 12.5 Å². The lowest BCUT2D eigenvalue weighted by atomic mass is 10.2. The Hall–Kier alpha value is -2.25. The molecule has 106 valence electrons. The van der Waals surface area contributed by atoms with Gasteiger partial charge in [0.05, 0.1) is 12.2 Å². The normalized spacial score (nSPS) is 9.76. The SMILES string of the molecule is C#Cc1cccc(NCC(=O)Nc2ccc(C)cc2Br)c1. The van der Waals surface area contributed by atoms with Crippen LogP contribution in [0.3, 0.4) is 0 Å². The van der Waals surface area contributed by atoms with Crippen molar-refractivity contribution in [2.24, 2.45) is 0 Å². The van der Waals surface area contributed by atoms with Crippen LogP contribution in [0.4, 0.5) is 11.4 Å². The van der Waals surface area contributed by atoms with Crippen molar-refractivity contribution in [3.8, 4) is 12.3 Å². The minimum absolute atomic E-state index is 0.120. The smallest absolute Gasteiger partial charge is 0.243 e. The van der Waals surface area contributed by atoms with E-state index in [0.717, 1.165) is 27.0 Å². The Morgan fingerprint density at radius 1 is 1.29 bits per heavy atom. The topological polar surface area (TPSA) is 41.1 Å². The van der Waals surface area contributed by atoms with Crippen molar-refractivity contribution < 1.29 is 4.79 Å². The monoisotopic (exact) mass is 342 g/mol. The summed E-state index contributed by atoms with van der Waals surface area (Å²) in [5.41, 5.74) is 3.49. The quantitative estimate of drug-likeness (QED) is 0.830. The molecular weight excluding hydrogens is 328 g/mol. The van der Waals surface area contributed by atoms with Crippen LogP contribution in [0.5, 0.6) is 0 Å². The highest BCUT2D eigenvalue weighted by molar-refractivity contribution is 9.10. The Morgan fingerprint density at radius 2 is 2.10 bits per heavy atom. The van der Waals surface area contributed by atoms with Crippen LogP contribution in [0.2, 0.25) is 0 Å². The van der Waals surface area contributed by atoms with Crippen LogP contribution < -0.4 is 10.6 Å². The van der Waals surface area contributed by atoms with Gasteiger partial charge in [-0.05, 0) is 58.7 Å². The van der Waals surface area contributed by atoms with E-state index in [0.29, 0.717) is 0 Å². The van der Waals surface area contributed by atoms with Gasteiger partial charge in [0.2, 0.25) is 5.91 Å². The molecule has 0 aliphatic carbocycles. The molecule has 2 aromatic carbocycles. The average molecular weight is 343 g/mol. The molecule has 0 fully saturated rings. The van der Waals surface area contributed by atoms with E-state index in [2.05, 4.69) is 32.5 Å². The fourth-order valence-electron chi connectivity index (χ4n) is 1.82. The number of nitrogens with one attached hydrogen (secondary N) is 2. The van der Waals surface area contributed by atoms with E-state index < -0.39 is 0 Å². The maximum Gasteiger partial charge on any atom is 0.243 e. The minimum atomic E-state index is -0.120. The van der Waals surface area contributed by atoms with E-state index >= 15 is 0 Å².